The molecular weight excluding hydrogens is 458 g/mol. The van der Waals surface area contributed by atoms with E-state index in [2.05, 4.69) is 15.0 Å². The minimum absolute atomic E-state index is 0.0643. The number of carbonyl (C=O) groups is 1. The van der Waals surface area contributed by atoms with Crippen LogP contribution in [0.5, 0.6) is 17.4 Å². The van der Waals surface area contributed by atoms with Gasteiger partial charge in [-0.2, -0.15) is 4.52 Å². The van der Waals surface area contributed by atoms with Gasteiger partial charge in [-0.25, -0.2) is 4.98 Å². The molecule has 0 saturated carbocycles. The van der Waals surface area contributed by atoms with E-state index in [0.717, 1.165) is 10.4 Å². The summed E-state index contributed by atoms with van der Waals surface area (Å²) in [7, 11) is 3.19. The van der Waals surface area contributed by atoms with Crippen LogP contribution in [0.25, 0.3) is 4.96 Å². The zero-order valence-corrected chi connectivity index (χ0v) is 19.9. The van der Waals surface area contributed by atoms with Crippen molar-refractivity contribution in [3.8, 4) is 17.4 Å². The third-order valence-corrected chi connectivity index (χ3v) is 7.05. The SMILES string of the molecule is COc1ccc([C@@H](c2sc3nc(C)nn3c2O)N2CCN(C(=O)c3ccco3)CC2)cc1OC. The second kappa shape index (κ2) is 8.99. The van der Waals surface area contributed by atoms with Gasteiger partial charge in [0.2, 0.25) is 10.8 Å². The molecule has 1 saturated heterocycles. The average Bonchev–Trinajstić information content (AvgIpc) is 3.58. The highest BCUT2D eigenvalue weighted by atomic mass is 32.1. The van der Waals surface area contributed by atoms with E-state index in [4.69, 9.17) is 13.9 Å². The van der Waals surface area contributed by atoms with E-state index in [1.165, 1.54) is 22.1 Å². The minimum Gasteiger partial charge on any atom is -0.493 e. The summed E-state index contributed by atoms with van der Waals surface area (Å²) in [6, 6.07) is 8.85. The van der Waals surface area contributed by atoms with Crippen molar-refractivity contribution in [1.82, 2.24) is 24.4 Å². The number of carbonyl (C=O) groups excluding carboxylic acids is 1. The highest BCUT2D eigenvalue weighted by Gasteiger charge is 2.33. The lowest BCUT2D eigenvalue weighted by molar-refractivity contribution is 0.0567. The molecule has 3 aromatic heterocycles. The molecular formula is C23H25N5O5S. The van der Waals surface area contributed by atoms with Crippen molar-refractivity contribution in [2.75, 3.05) is 40.4 Å². The summed E-state index contributed by atoms with van der Waals surface area (Å²) in [4.78, 5) is 22.5. The highest BCUT2D eigenvalue weighted by molar-refractivity contribution is 7.17. The topological polar surface area (TPSA) is 106 Å². The molecule has 0 bridgehead atoms. The lowest BCUT2D eigenvalue weighted by Crippen LogP contribution is -2.49. The number of hydrogen-bond donors (Lipinski definition) is 1. The predicted molar refractivity (Wildman–Crippen MR) is 125 cm³/mol. The normalized spacial score (nSPS) is 15.6. The fraction of sp³-hybridized carbons (Fsp3) is 0.348. The third-order valence-electron chi connectivity index (χ3n) is 5.98. The number of benzene rings is 1. The molecule has 11 heteroatoms. The summed E-state index contributed by atoms with van der Waals surface area (Å²) in [5.74, 6) is 2.11. The maximum absolute atomic E-state index is 12.7. The number of aryl methyl sites for hydroxylation is 1. The van der Waals surface area contributed by atoms with Crippen molar-refractivity contribution in [1.29, 1.82) is 0 Å². The van der Waals surface area contributed by atoms with Crippen molar-refractivity contribution < 1.29 is 23.8 Å². The molecule has 0 unspecified atom stereocenters. The van der Waals surface area contributed by atoms with Crippen LogP contribution in [0, 0.1) is 6.92 Å². The molecule has 34 heavy (non-hydrogen) atoms. The van der Waals surface area contributed by atoms with Crippen LogP contribution in [0.2, 0.25) is 0 Å². The molecule has 1 aromatic carbocycles. The molecule has 1 fully saturated rings. The standard InChI is InChI=1S/C23H25N5O5S/c1-14-24-23-28(25-14)22(30)20(34-23)19(15-6-7-16(31-2)18(13-15)32-3)26-8-10-27(11-9-26)21(29)17-5-4-12-33-17/h4-7,12-13,19,30H,8-11H2,1-3H3/t19-/m0/s1. The summed E-state index contributed by atoms with van der Waals surface area (Å²) in [6.45, 7) is 4.07. The number of hydrogen-bond acceptors (Lipinski definition) is 9. The van der Waals surface area contributed by atoms with E-state index in [1.807, 2.05) is 18.2 Å². The molecule has 10 nitrogen and oxygen atoms in total. The first kappa shape index (κ1) is 22.2. The number of aromatic hydroxyl groups is 1. The fourth-order valence-electron chi connectivity index (χ4n) is 4.32. The summed E-state index contributed by atoms with van der Waals surface area (Å²) >= 11 is 1.40. The quantitative estimate of drug-likeness (QED) is 0.446. The van der Waals surface area contributed by atoms with Gasteiger partial charge in [-0.3, -0.25) is 9.69 Å². The van der Waals surface area contributed by atoms with Crippen molar-refractivity contribution in [2.24, 2.45) is 0 Å². The van der Waals surface area contributed by atoms with Gasteiger partial charge in [0.05, 0.1) is 31.4 Å². The van der Waals surface area contributed by atoms with Gasteiger partial charge in [-0.15, -0.1) is 5.10 Å². The summed E-state index contributed by atoms with van der Waals surface area (Å²) < 4.78 is 17.7. The van der Waals surface area contributed by atoms with Crippen molar-refractivity contribution in [2.45, 2.75) is 13.0 Å². The van der Waals surface area contributed by atoms with Crippen molar-refractivity contribution in [3.63, 3.8) is 0 Å². The maximum Gasteiger partial charge on any atom is 0.289 e. The zero-order valence-electron chi connectivity index (χ0n) is 19.1. The number of thiazole rings is 1. The Balaban J connectivity index is 1.49. The third kappa shape index (κ3) is 3.86. The summed E-state index contributed by atoms with van der Waals surface area (Å²) in [6.07, 6.45) is 1.50. The van der Waals surface area contributed by atoms with Gasteiger partial charge in [-0.1, -0.05) is 17.4 Å². The van der Waals surface area contributed by atoms with Gasteiger partial charge in [0.15, 0.2) is 17.3 Å². The number of amides is 1. The number of furan rings is 1. The second-order valence-corrected chi connectivity index (χ2v) is 8.97. The Bertz CT molecular complexity index is 1310. The lowest BCUT2D eigenvalue weighted by Gasteiger charge is -2.39. The van der Waals surface area contributed by atoms with Crippen LogP contribution >= 0.6 is 11.3 Å². The van der Waals surface area contributed by atoms with Gasteiger partial charge >= 0.3 is 0 Å². The molecule has 1 atom stereocenters. The molecule has 1 aliphatic heterocycles. The van der Waals surface area contributed by atoms with Crippen LogP contribution in [0.1, 0.15) is 32.9 Å². The van der Waals surface area contributed by atoms with Gasteiger partial charge in [-0.05, 0) is 36.8 Å². The van der Waals surface area contributed by atoms with Crippen LogP contribution in [0.4, 0.5) is 0 Å². The first-order chi connectivity index (χ1) is 16.5. The van der Waals surface area contributed by atoms with Crippen LogP contribution < -0.4 is 9.47 Å². The first-order valence-corrected chi connectivity index (χ1v) is 11.7. The molecule has 5 rings (SSSR count). The minimum atomic E-state index is -0.283. The molecule has 4 heterocycles. The molecule has 1 aliphatic rings. The van der Waals surface area contributed by atoms with Crippen LogP contribution in [-0.4, -0.2) is 75.8 Å². The molecule has 0 aliphatic carbocycles. The van der Waals surface area contributed by atoms with E-state index in [9.17, 15) is 9.90 Å². The monoisotopic (exact) mass is 483 g/mol. The van der Waals surface area contributed by atoms with E-state index in [-0.39, 0.29) is 17.8 Å². The maximum atomic E-state index is 12.7. The van der Waals surface area contributed by atoms with E-state index < -0.39 is 0 Å². The largest absolute Gasteiger partial charge is 0.493 e. The number of nitrogens with zero attached hydrogens (tertiary/aromatic N) is 5. The molecule has 178 valence electrons. The molecule has 0 spiro atoms. The smallest absolute Gasteiger partial charge is 0.289 e. The second-order valence-electron chi connectivity index (χ2n) is 7.97. The van der Waals surface area contributed by atoms with Crippen LogP contribution in [0.15, 0.2) is 41.0 Å². The van der Waals surface area contributed by atoms with Gasteiger partial charge in [0, 0.05) is 26.2 Å². The fourth-order valence-corrected chi connectivity index (χ4v) is 5.48. The Kier molecular flexibility index (Phi) is 5.88. The van der Waals surface area contributed by atoms with Crippen molar-refractivity contribution >= 4 is 22.2 Å². The Hall–Kier alpha value is -3.57. The number of ether oxygens (including phenoxy) is 2. The summed E-state index contributed by atoms with van der Waals surface area (Å²) in [5.41, 5.74) is 0.931. The Morgan fingerprint density at radius 3 is 2.56 bits per heavy atom. The molecule has 1 amide bonds. The Labute approximate surface area is 199 Å². The number of methoxy groups -OCH3 is 2. The van der Waals surface area contributed by atoms with Crippen LogP contribution in [-0.2, 0) is 0 Å². The summed E-state index contributed by atoms with van der Waals surface area (Å²) in [5, 5.41) is 15.4. The van der Waals surface area contributed by atoms with E-state index in [0.29, 0.717) is 54.2 Å². The predicted octanol–water partition coefficient (Wildman–Crippen LogP) is 2.96. The highest BCUT2D eigenvalue weighted by Crippen LogP contribution is 2.42. The number of aromatic nitrogens is 3. The van der Waals surface area contributed by atoms with Crippen LogP contribution in [0.3, 0.4) is 0 Å². The molecule has 4 aromatic rings. The zero-order chi connectivity index (χ0) is 23.8. The number of fused-ring (bicyclic) bond motifs is 1. The Morgan fingerprint density at radius 2 is 1.91 bits per heavy atom. The molecule has 0 radical (unpaired) electrons. The van der Waals surface area contributed by atoms with Gasteiger partial charge in [0.25, 0.3) is 5.91 Å². The van der Waals surface area contributed by atoms with E-state index in [1.54, 1.807) is 38.2 Å². The van der Waals surface area contributed by atoms with Gasteiger partial charge in [0.1, 0.15) is 5.82 Å². The number of rotatable bonds is 6. The van der Waals surface area contributed by atoms with Crippen molar-refractivity contribution in [3.05, 3.63) is 58.6 Å². The number of piperazine rings is 1. The molecule has 1 N–H and O–H groups in total. The average molecular weight is 484 g/mol. The van der Waals surface area contributed by atoms with Gasteiger partial charge < -0.3 is 23.9 Å². The Morgan fingerprint density at radius 1 is 1.15 bits per heavy atom. The van der Waals surface area contributed by atoms with E-state index >= 15 is 0 Å². The lowest BCUT2D eigenvalue weighted by atomic mass is 10.0. The first-order valence-electron chi connectivity index (χ1n) is 10.8.